The minimum Gasteiger partial charge on any atom is -0.498 e. The van der Waals surface area contributed by atoms with Gasteiger partial charge < -0.3 is 4.74 Å². The molecular weight excluding hydrogens is 280 g/mol. The predicted octanol–water partition coefficient (Wildman–Crippen LogP) is 6.10. The Labute approximate surface area is 141 Å². The average molecular weight is 310 g/mol. The van der Waals surface area contributed by atoms with E-state index in [1.54, 1.807) is 16.7 Å². The molecule has 0 aromatic rings. The number of fused-ring (bicyclic) bond motifs is 4. The molecular formula is C22H30O. The molecule has 0 fully saturated rings. The highest BCUT2D eigenvalue weighted by Crippen LogP contribution is 2.61. The van der Waals surface area contributed by atoms with E-state index in [0.29, 0.717) is 5.41 Å². The molecule has 0 amide bonds. The molecule has 0 aromatic carbocycles. The van der Waals surface area contributed by atoms with Crippen molar-refractivity contribution in [3.63, 3.8) is 0 Å². The van der Waals surface area contributed by atoms with Crippen molar-refractivity contribution in [3.8, 4) is 0 Å². The van der Waals surface area contributed by atoms with Crippen molar-refractivity contribution >= 4 is 0 Å². The van der Waals surface area contributed by atoms with Crippen LogP contribution < -0.4 is 0 Å². The van der Waals surface area contributed by atoms with E-state index >= 15 is 0 Å². The molecule has 0 saturated carbocycles. The van der Waals surface area contributed by atoms with Crippen LogP contribution in [0.1, 0.15) is 66.2 Å². The second-order valence-electron chi connectivity index (χ2n) is 8.37. The molecule has 0 N–H and O–H groups in total. The molecule has 0 saturated heterocycles. The van der Waals surface area contributed by atoms with Crippen LogP contribution in [0.2, 0.25) is 0 Å². The molecule has 124 valence electrons. The van der Waals surface area contributed by atoms with Crippen LogP contribution in [-0.4, -0.2) is 6.61 Å². The van der Waals surface area contributed by atoms with Crippen molar-refractivity contribution in [2.45, 2.75) is 66.2 Å². The summed E-state index contributed by atoms with van der Waals surface area (Å²) in [6.07, 6.45) is 14.7. The van der Waals surface area contributed by atoms with Gasteiger partial charge in [-0.05, 0) is 73.2 Å². The Morgan fingerprint density at radius 1 is 1.17 bits per heavy atom. The van der Waals surface area contributed by atoms with Gasteiger partial charge >= 0.3 is 0 Å². The topological polar surface area (TPSA) is 9.23 Å². The van der Waals surface area contributed by atoms with E-state index in [9.17, 15) is 0 Å². The maximum Gasteiger partial charge on any atom is 0.0962 e. The Morgan fingerprint density at radius 3 is 2.78 bits per heavy atom. The third kappa shape index (κ3) is 2.05. The summed E-state index contributed by atoms with van der Waals surface area (Å²) in [6.45, 7) is 10.3. The Hall–Kier alpha value is -1.24. The fourth-order valence-corrected chi connectivity index (χ4v) is 5.49. The van der Waals surface area contributed by atoms with E-state index in [0.717, 1.165) is 25.4 Å². The first-order valence-electron chi connectivity index (χ1n) is 9.46. The van der Waals surface area contributed by atoms with E-state index in [4.69, 9.17) is 4.74 Å². The molecule has 23 heavy (non-hydrogen) atoms. The van der Waals surface area contributed by atoms with Crippen molar-refractivity contribution in [3.05, 3.63) is 46.3 Å². The number of hydrogen-bond acceptors (Lipinski definition) is 1. The van der Waals surface area contributed by atoms with E-state index in [2.05, 4.69) is 45.9 Å². The van der Waals surface area contributed by atoms with Crippen LogP contribution in [0, 0.1) is 16.7 Å². The Bertz CT molecular complexity index is 659. The van der Waals surface area contributed by atoms with Crippen LogP contribution in [0.25, 0.3) is 0 Å². The van der Waals surface area contributed by atoms with Gasteiger partial charge in [0.25, 0.3) is 0 Å². The Balaban J connectivity index is 1.74. The molecule has 4 rings (SSSR count). The SMILES string of the molecule is CCOC1=CC2=CCC3=C(CCC4(C)C3=CCC4C)C2(C)CC1. The number of ether oxygens (including phenoxy) is 1. The minimum absolute atomic E-state index is 0.252. The number of hydrogen-bond donors (Lipinski definition) is 0. The van der Waals surface area contributed by atoms with Crippen molar-refractivity contribution in [1.82, 2.24) is 0 Å². The summed E-state index contributed by atoms with van der Waals surface area (Å²) in [5, 5.41) is 0. The summed E-state index contributed by atoms with van der Waals surface area (Å²) >= 11 is 0. The summed E-state index contributed by atoms with van der Waals surface area (Å²) in [5.74, 6) is 2.00. The smallest absolute Gasteiger partial charge is 0.0962 e. The molecule has 0 radical (unpaired) electrons. The minimum atomic E-state index is 0.252. The normalized spacial score (nSPS) is 39.0. The van der Waals surface area contributed by atoms with E-state index in [1.165, 1.54) is 37.0 Å². The highest BCUT2D eigenvalue weighted by atomic mass is 16.5. The van der Waals surface area contributed by atoms with Crippen LogP contribution in [0.5, 0.6) is 0 Å². The Morgan fingerprint density at radius 2 is 2.00 bits per heavy atom. The van der Waals surface area contributed by atoms with Gasteiger partial charge in [0.05, 0.1) is 12.4 Å². The molecule has 0 aliphatic heterocycles. The molecule has 0 aromatic heterocycles. The molecule has 1 heteroatoms. The summed E-state index contributed by atoms with van der Waals surface area (Å²) in [6, 6.07) is 0. The first kappa shape index (κ1) is 15.3. The molecule has 3 atom stereocenters. The van der Waals surface area contributed by atoms with Gasteiger partial charge in [-0.3, -0.25) is 0 Å². The van der Waals surface area contributed by atoms with Gasteiger partial charge in [0.2, 0.25) is 0 Å². The maximum absolute atomic E-state index is 5.81. The van der Waals surface area contributed by atoms with E-state index < -0.39 is 0 Å². The second kappa shape index (κ2) is 5.13. The third-order valence-electron chi connectivity index (χ3n) is 7.31. The number of rotatable bonds is 2. The standard InChI is InChI=1S/C22H30O/c1-5-23-17-10-12-22(4)16(14-17)7-8-18-19-9-6-15(2)21(19,3)13-11-20(18)22/h7,9,14-15H,5-6,8,10-13H2,1-4H3. The zero-order valence-electron chi connectivity index (χ0n) is 15.2. The highest BCUT2D eigenvalue weighted by molar-refractivity contribution is 5.55. The highest BCUT2D eigenvalue weighted by Gasteiger charge is 2.48. The fraction of sp³-hybridized carbons (Fsp3) is 0.636. The average Bonchev–Trinajstić information content (AvgIpc) is 2.84. The van der Waals surface area contributed by atoms with Crippen LogP contribution >= 0.6 is 0 Å². The lowest BCUT2D eigenvalue weighted by Crippen LogP contribution is -2.35. The van der Waals surface area contributed by atoms with Crippen LogP contribution in [0.15, 0.2) is 46.3 Å². The third-order valence-corrected chi connectivity index (χ3v) is 7.31. The van der Waals surface area contributed by atoms with Crippen molar-refractivity contribution in [2.75, 3.05) is 6.61 Å². The van der Waals surface area contributed by atoms with E-state index in [1.807, 2.05) is 0 Å². The summed E-state index contributed by atoms with van der Waals surface area (Å²) in [7, 11) is 0. The maximum atomic E-state index is 5.81. The van der Waals surface area contributed by atoms with Gasteiger partial charge in [-0.25, -0.2) is 0 Å². The zero-order valence-corrected chi connectivity index (χ0v) is 15.2. The summed E-state index contributed by atoms with van der Waals surface area (Å²) < 4.78 is 5.81. The summed E-state index contributed by atoms with van der Waals surface area (Å²) in [4.78, 5) is 0. The van der Waals surface area contributed by atoms with Gasteiger partial charge in [-0.15, -0.1) is 0 Å². The molecule has 1 nitrogen and oxygen atoms in total. The van der Waals surface area contributed by atoms with Gasteiger partial charge in [-0.1, -0.05) is 38.5 Å². The van der Waals surface area contributed by atoms with Gasteiger partial charge in [-0.2, -0.15) is 0 Å². The first-order valence-corrected chi connectivity index (χ1v) is 9.46. The van der Waals surface area contributed by atoms with Crippen molar-refractivity contribution in [2.24, 2.45) is 16.7 Å². The fourth-order valence-electron chi connectivity index (χ4n) is 5.49. The molecule has 0 bridgehead atoms. The van der Waals surface area contributed by atoms with Crippen molar-refractivity contribution < 1.29 is 4.74 Å². The molecule has 4 aliphatic rings. The monoisotopic (exact) mass is 310 g/mol. The first-order chi connectivity index (χ1) is 11.0. The molecule has 0 heterocycles. The van der Waals surface area contributed by atoms with Crippen LogP contribution in [-0.2, 0) is 4.74 Å². The zero-order chi connectivity index (χ0) is 16.2. The molecule has 4 aliphatic carbocycles. The lowest BCUT2D eigenvalue weighted by Gasteiger charge is -2.48. The van der Waals surface area contributed by atoms with Crippen LogP contribution in [0.3, 0.4) is 0 Å². The van der Waals surface area contributed by atoms with Gasteiger partial charge in [0.15, 0.2) is 0 Å². The lowest BCUT2D eigenvalue weighted by atomic mass is 9.56. The molecule has 0 spiro atoms. The van der Waals surface area contributed by atoms with Gasteiger partial charge in [0, 0.05) is 11.8 Å². The van der Waals surface area contributed by atoms with Crippen LogP contribution in [0.4, 0.5) is 0 Å². The van der Waals surface area contributed by atoms with E-state index in [-0.39, 0.29) is 5.41 Å². The summed E-state index contributed by atoms with van der Waals surface area (Å²) in [5.41, 5.74) is 7.34. The number of allylic oxidation sites excluding steroid dienone is 8. The molecule has 3 unspecified atom stereocenters. The largest absolute Gasteiger partial charge is 0.498 e. The second-order valence-corrected chi connectivity index (χ2v) is 8.37. The van der Waals surface area contributed by atoms with Crippen molar-refractivity contribution in [1.29, 1.82) is 0 Å². The predicted molar refractivity (Wildman–Crippen MR) is 96.0 cm³/mol. The van der Waals surface area contributed by atoms with Gasteiger partial charge in [0.1, 0.15) is 0 Å². The lowest BCUT2D eigenvalue weighted by molar-refractivity contribution is 0.197. The Kier molecular flexibility index (Phi) is 3.41. The quantitative estimate of drug-likeness (QED) is 0.599.